The second-order valence-electron chi connectivity index (χ2n) is 8.08. The average Bonchev–Trinajstić information content (AvgIpc) is 3.28. The normalized spacial score (nSPS) is 22.3. The second-order valence-corrected chi connectivity index (χ2v) is 8.08. The zero-order valence-electron chi connectivity index (χ0n) is 15.0. The summed E-state index contributed by atoms with van der Waals surface area (Å²) in [4.78, 5) is 12.3. The number of halogens is 1. The summed E-state index contributed by atoms with van der Waals surface area (Å²) in [6.45, 7) is 10.4. The zero-order chi connectivity index (χ0) is 17.7. The van der Waals surface area contributed by atoms with E-state index in [2.05, 4.69) is 19.2 Å². The number of benzene rings is 1. The fourth-order valence-electron chi connectivity index (χ4n) is 2.64. The van der Waals surface area contributed by atoms with Gasteiger partial charge < -0.3 is 14.6 Å². The molecule has 2 fully saturated rings. The van der Waals surface area contributed by atoms with Gasteiger partial charge in [0.25, 0.3) is 5.91 Å². The van der Waals surface area contributed by atoms with E-state index in [0.29, 0.717) is 23.2 Å². The molecule has 1 heterocycles. The van der Waals surface area contributed by atoms with Crippen molar-refractivity contribution in [3.05, 3.63) is 29.1 Å². The van der Waals surface area contributed by atoms with Crippen molar-refractivity contribution in [3.8, 4) is 0 Å². The number of carbonyl (C=O) groups is 1. The third-order valence-electron chi connectivity index (χ3n) is 5.44. The molecule has 1 saturated carbocycles. The van der Waals surface area contributed by atoms with E-state index >= 15 is 0 Å². The molecule has 0 radical (unpaired) electrons. The molecule has 1 N–H and O–H groups in total. The highest BCUT2D eigenvalue weighted by Gasteiger charge is 2.47. The van der Waals surface area contributed by atoms with E-state index in [1.165, 1.54) is 6.07 Å². The van der Waals surface area contributed by atoms with Crippen LogP contribution in [0.1, 0.15) is 56.5 Å². The molecule has 0 spiro atoms. The molecular weight excluding hydrogens is 308 g/mol. The Morgan fingerprint density at radius 3 is 2.54 bits per heavy atom. The monoisotopic (exact) mass is 333 g/mol. The van der Waals surface area contributed by atoms with E-state index in [-0.39, 0.29) is 17.4 Å². The Bertz CT molecular complexity index is 670. The maximum absolute atomic E-state index is 14.4. The first-order chi connectivity index (χ1) is 11.1. The van der Waals surface area contributed by atoms with Crippen molar-refractivity contribution in [2.45, 2.75) is 59.1 Å². The van der Waals surface area contributed by atoms with Gasteiger partial charge >= 0.3 is 7.12 Å². The van der Waals surface area contributed by atoms with Gasteiger partial charge in [-0.05, 0) is 56.8 Å². The molecule has 0 aromatic heterocycles. The molecular formula is C18H25BFNO3. The van der Waals surface area contributed by atoms with E-state index in [0.717, 1.165) is 12.8 Å². The molecule has 0 atom stereocenters. The van der Waals surface area contributed by atoms with Gasteiger partial charge in [-0.1, -0.05) is 13.8 Å². The number of hydrogen-bond donors (Lipinski definition) is 1. The van der Waals surface area contributed by atoms with Crippen molar-refractivity contribution in [1.82, 2.24) is 5.32 Å². The van der Waals surface area contributed by atoms with Crippen LogP contribution in [0.25, 0.3) is 0 Å². The van der Waals surface area contributed by atoms with Gasteiger partial charge in [0.1, 0.15) is 5.82 Å². The standard InChI is InChI=1S/C18H25BFNO3/c1-11-14(19-23-10-17(2,3)18(4,5)24-19)8-12(9-15(11)20)16(22)21-13-6-7-13/h8-9,13H,6-7,10H2,1-5H3,(H,21,22). The van der Waals surface area contributed by atoms with Crippen LogP contribution in [0, 0.1) is 18.2 Å². The molecule has 2 aliphatic rings. The predicted molar refractivity (Wildman–Crippen MR) is 91.9 cm³/mol. The number of nitrogens with one attached hydrogen (secondary N) is 1. The minimum Gasteiger partial charge on any atom is -0.407 e. The summed E-state index contributed by atoms with van der Waals surface area (Å²) < 4.78 is 26.3. The van der Waals surface area contributed by atoms with E-state index in [9.17, 15) is 9.18 Å². The number of rotatable bonds is 3. The maximum atomic E-state index is 14.4. The van der Waals surface area contributed by atoms with Gasteiger partial charge in [-0.15, -0.1) is 0 Å². The van der Waals surface area contributed by atoms with Crippen LogP contribution in [-0.2, 0) is 9.31 Å². The van der Waals surface area contributed by atoms with Crippen molar-refractivity contribution in [2.24, 2.45) is 5.41 Å². The molecule has 3 rings (SSSR count). The fourth-order valence-corrected chi connectivity index (χ4v) is 2.64. The highest BCUT2D eigenvalue weighted by Crippen LogP contribution is 2.38. The first-order valence-corrected chi connectivity index (χ1v) is 8.51. The summed E-state index contributed by atoms with van der Waals surface area (Å²) in [6, 6.07) is 3.20. The lowest BCUT2D eigenvalue weighted by Crippen LogP contribution is -2.58. The third-order valence-corrected chi connectivity index (χ3v) is 5.44. The molecule has 4 nitrogen and oxygen atoms in total. The van der Waals surface area contributed by atoms with Gasteiger partial charge in [0.05, 0.1) is 5.60 Å². The second kappa shape index (κ2) is 5.85. The lowest BCUT2D eigenvalue weighted by Gasteiger charge is -2.47. The van der Waals surface area contributed by atoms with Gasteiger partial charge in [-0.25, -0.2) is 4.39 Å². The lowest BCUT2D eigenvalue weighted by molar-refractivity contribution is -0.0937. The minimum atomic E-state index is -0.670. The lowest BCUT2D eigenvalue weighted by atomic mass is 9.67. The van der Waals surface area contributed by atoms with Gasteiger partial charge in [0.2, 0.25) is 0 Å². The summed E-state index contributed by atoms with van der Waals surface area (Å²) in [5.41, 5.74) is 0.773. The fraction of sp³-hybridized carbons (Fsp3) is 0.611. The molecule has 6 heteroatoms. The van der Waals surface area contributed by atoms with Crippen LogP contribution >= 0.6 is 0 Å². The van der Waals surface area contributed by atoms with Crippen LogP contribution < -0.4 is 10.8 Å². The Morgan fingerprint density at radius 1 is 1.29 bits per heavy atom. The predicted octanol–water partition coefficient (Wildman–Crippen LogP) is 2.57. The quantitative estimate of drug-likeness (QED) is 0.865. The maximum Gasteiger partial charge on any atom is 0.494 e. The van der Waals surface area contributed by atoms with Gasteiger partial charge in [0, 0.05) is 23.6 Å². The Balaban J connectivity index is 1.89. The summed E-state index contributed by atoms with van der Waals surface area (Å²) in [5, 5.41) is 2.89. The van der Waals surface area contributed by atoms with Crippen LogP contribution in [0.15, 0.2) is 12.1 Å². The Kier molecular flexibility index (Phi) is 4.25. The highest BCUT2D eigenvalue weighted by molar-refractivity contribution is 6.62. The van der Waals surface area contributed by atoms with Crippen molar-refractivity contribution in [3.63, 3.8) is 0 Å². The van der Waals surface area contributed by atoms with Crippen LogP contribution in [0.5, 0.6) is 0 Å². The molecule has 1 amide bonds. The molecule has 1 aliphatic heterocycles. The van der Waals surface area contributed by atoms with Crippen LogP contribution in [0.2, 0.25) is 0 Å². The number of hydrogen-bond acceptors (Lipinski definition) is 3. The third kappa shape index (κ3) is 3.22. The van der Waals surface area contributed by atoms with Crippen molar-refractivity contribution < 1.29 is 18.5 Å². The first-order valence-electron chi connectivity index (χ1n) is 8.51. The van der Waals surface area contributed by atoms with Gasteiger partial charge in [-0.3, -0.25) is 4.79 Å². The largest absolute Gasteiger partial charge is 0.494 e. The Morgan fingerprint density at radius 2 is 1.96 bits per heavy atom. The van der Waals surface area contributed by atoms with Gasteiger partial charge in [-0.2, -0.15) is 0 Å². The summed E-state index contributed by atoms with van der Waals surface area (Å²) >= 11 is 0. The average molecular weight is 333 g/mol. The molecule has 1 aromatic rings. The molecule has 1 aliphatic carbocycles. The highest BCUT2D eigenvalue weighted by atomic mass is 19.1. The summed E-state index contributed by atoms with van der Waals surface area (Å²) in [5.74, 6) is -0.656. The van der Waals surface area contributed by atoms with Crippen molar-refractivity contribution in [1.29, 1.82) is 0 Å². The van der Waals surface area contributed by atoms with Crippen molar-refractivity contribution >= 4 is 18.5 Å². The SMILES string of the molecule is Cc1c(F)cc(C(=O)NC2CC2)cc1B1OCC(C)(C)C(C)(C)O1. The summed E-state index contributed by atoms with van der Waals surface area (Å²) in [6.07, 6.45) is 1.98. The molecule has 1 aromatic carbocycles. The molecule has 1 saturated heterocycles. The molecule has 0 bridgehead atoms. The zero-order valence-corrected chi connectivity index (χ0v) is 15.0. The van der Waals surface area contributed by atoms with Crippen LogP contribution in [0.4, 0.5) is 4.39 Å². The number of amides is 1. The van der Waals surface area contributed by atoms with Crippen LogP contribution in [-0.4, -0.2) is 31.3 Å². The van der Waals surface area contributed by atoms with Gasteiger partial charge in [0.15, 0.2) is 0 Å². The van der Waals surface area contributed by atoms with Crippen molar-refractivity contribution in [2.75, 3.05) is 6.61 Å². The topological polar surface area (TPSA) is 47.6 Å². The number of carbonyl (C=O) groups excluding carboxylic acids is 1. The van der Waals surface area contributed by atoms with Crippen LogP contribution in [0.3, 0.4) is 0 Å². The first kappa shape index (κ1) is 17.4. The minimum absolute atomic E-state index is 0.156. The Hall–Kier alpha value is -1.40. The molecule has 24 heavy (non-hydrogen) atoms. The van der Waals surface area contributed by atoms with E-state index in [1.807, 2.05) is 13.8 Å². The van der Waals surface area contributed by atoms with E-state index in [4.69, 9.17) is 9.31 Å². The molecule has 130 valence electrons. The summed E-state index contributed by atoms with van der Waals surface area (Å²) in [7, 11) is -0.670. The smallest absolute Gasteiger partial charge is 0.407 e. The molecule has 0 unspecified atom stereocenters. The van der Waals surface area contributed by atoms with E-state index in [1.54, 1.807) is 13.0 Å². The van der Waals surface area contributed by atoms with E-state index < -0.39 is 18.5 Å². The Labute approximate surface area is 143 Å².